The first-order chi connectivity index (χ1) is 11.1. The van der Waals surface area contributed by atoms with Gasteiger partial charge in [-0.1, -0.05) is 6.92 Å². The molecule has 0 amide bonds. The van der Waals surface area contributed by atoms with Crippen LogP contribution in [-0.4, -0.2) is 23.3 Å². The van der Waals surface area contributed by atoms with E-state index < -0.39 is 5.97 Å². The zero-order valence-corrected chi connectivity index (χ0v) is 14.9. The molecule has 1 aromatic heterocycles. The molecule has 0 radical (unpaired) electrons. The van der Waals surface area contributed by atoms with E-state index in [0.29, 0.717) is 24.0 Å². The fourth-order valence-electron chi connectivity index (χ4n) is 2.34. The van der Waals surface area contributed by atoms with Crippen molar-refractivity contribution >= 4 is 29.9 Å². The molecule has 23 heavy (non-hydrogen) atoms. The maximum atomic E-state index is 12.2. The molecule has 0 N–H and O–H groups in total. The SMILES string of the molecule is CCOC(=O)c1ncc(CS)cc1/C(=C/N=C(C)C1CC1)CC. The number of carbonyl (C=O) groups is 1. The van der Waals surface area contributed by atoms with Crippen LogP contribution in [0, 0.1) is 5.92 Å². The van der Waals surface area contributed by atoms with Gasteiger partial charge in [0.1, 0.15) is 0 Å². The Hall–Kier alpha value is -1.62. The minimum absolute atomic E-state index is 0.332. The first-order valence-electron chi connectivity index (χ1n) is 8.11. The summed E-state index contributed by atoms with van der Waals surface area (Å²) in [6.45, 7) is 6.24. The molecule has 0 aliphatic heterocycles. The third-order valence-corrected chi connectivity index (χ3v) is 4.28. The van der Waals surface area contributed by atoms with Crippen molar-refractivity contribution in [1.82, 2.24) is 4.98 Å². The van der Waals surface area contributed by atoms with Crippen LogP contribution in [-0.2, 0) is 10.5 Å². The van der Waals surface area contributed by atoms with Gasteiger partial charge in [-0.05, 0) is 56.2 Å². The lowest BCUT2D eigenvalue weighted by atomic mass is 10.0. The molecule has 0 aromatic carbocycles. The highest BCUT2D eigenvalue weighted by molar-refractivity contribution is 7.79. The van der Waals surface area contributed by atoms with E-state index in [1.165, 1.54) is 12.8 Å². The van der Waals surface area contributed by atoms with Gasteiger partial charge in [0.2, 0.25) is 0 Å². The van der Waals surface area contributed by atoms with Crippen LogP contribution in [0.25, 0.3) is 5.57 Å². The summed E-state index contributed by atoms with van der Waals surface area (Å²) in [6, 6.07) is 1.96. The van der Waals surface area contributed by atoms with Crippen LogP contribution in [0.4, 0.5) is 0 Å². The average molecular weight is 332 g/mol. The third-order valence-electron chi connectivity index (χ3n) is 3.91. The van der Waals surface area contributed by atoms with Crippen molar-refractivity contribution in [2.75, 3.05) is 6.61 Å². The number of pyridine rings is 1. The maximum Gasteiger partial charge on any atom is 0.357 e. The van der Waals surface area contributed by atoms with E-state index in [2.05, 4.69) is 36.5 Å². The third kappa shape index (κ3) is 4.67. The Morgan fingerprint density at radius 1 is 1.48 bits per heavy atom. The topological polar surface area (TPSA) is 51.5 Å². The van der Waals surface area contributed by atoms with Crippen LogP contribution in [0.5, 0.6) is 0 Å². The summed E-state index contributed by atoms with van der Waals surface area (Å²) in [5.74, 6) is 0.816. The summed E-state index contributed by atoms with van der Waals surface area (Å²) in [4.78, 5) is 21.1. The van der Waals surface area contributed by atoms with Crippen molar-refractivity contribution in [3.8, 4) is 0 Å². The van der Waals surface area contributed by atoms with Crippen molar-refractivity contribution in [2.45, 2.75) is 45.8 Å². The van der Waals surface area contributed by atoms with Crippen molar-refractivity contribution in [3.05, 3.63) is 35.3 Å². The molecule has 0 saturated heterocycles. The normalized spacial score (nSPS) is 15.7. The number of hydrogen-bond acceptors (Lipinski definition) is 5. The molecule has 0 spiro atoms. The molecule has 1 heterocycles. The van der Waals surface area contributed by atoms with E-state index in [1.807, 2.05) is 12.3 Å². The van der Waals surface area contributed by atoms with Crippen LogP contribution in [0.1, 0.15) is 61.6 Å². The first-order valence-corrected chi connectivity index (χ1v) is 8.74. The molecule has 1 aliphatic carbocycles. The molecule has 4 nitrogen and oxygen atoms in total. The Bertz CT molecular complexity index is 634. The first kappa shape index (κ1) is 17.7. The van der Waals surface area contributed by atoms with E-state index in [9.17, 15) is 4.79 Å². The summed E-state index contributed by atoms with van der Waals surface area (Å²) >= 11 is 4.30. The lowest BCUT2D eigenvalue weighted by Crippen LogP contribution is -2.11. The number of carbonyl (C=O) groups excluding carboxylic acids is 1. The molecule has 1 fully saturated rings. The van der Waals surface area contributed by atoms with Crippen LogP contribution >= 0.6 is 12.6 Å². The van der Waals surface area contributed by atoms with E-state index in [1.54, 1.807) is 13.1 Å². The van der Waals surface area contributed by atoms with Gasteiger partial charge in [-0.25, -0.2) is 9.78 Å². The number of nitrogens with zero attached hydrogens (tertiary/aromatic N) is 2. The van der Waals surface area contributed by atoms with Gasteiger partial charge in [0, 0.05) is 29.4 Å². The molecule has 5 heteroatoms. The van der Waals surface area contributed by atoms with Crippen molar-refractivity contribution in [3.63, 3.8) is 0 Å². The number of aliphatic imine (C=N–C) groups is 1. The second kappa shape index (κ2) is 8.29. The number of aromatic nitrogens is 1. The Labute approximate surface area is 143 Å². The Morgan fingerprint density at radius 2 is 2.22 bits per heavy atom. The highest BCUT2D eigenvalue weighted by Crippen LogP contribution is 2.31. The van der Waals surface area contributed by atoms with Crippen molar-refractivity contribution in [1.29, 1.82) is 0 Å². The van der Waals surface area contributed by atoms with Gasteiger partial charge in [-0.2, -0.15) is 12.6 Å². The number of hydrogen-bond donors (Lipinski definition) is 1. The lowest BCUT2D eigenvalue weighted by Gasteiger charge is -2.11. The lowest BCUT2D eigenvalue weighted by molar-refractivity contribution is 0.0519. The second-order valence-electron chi connectivity index (χ2n) is 5.67. The zero-order valence-electron chi connectivity index (χ0n) is 14.0. The average Bonchev–Trinajstić information content (AvgIpc) is 3.40. The molecule has 2 rings (SSSR count). The molecular formula is C18H24N2O2S. The van der Waals surface area contributed by atoms with Crippen molar-refractivity contribution in [2.24, 2.45) is 10.9 Å². The predicted octanol–water partition coefficient (Wildman–Crippen LogP) is 4.31. The van der Waals surface area contributed by atoms with Crippen LogP contribution < -0.4 is 0 Å². The molecule has 0 unspecified atom stereocenters. The minimum atomic E-state index is -0.393. The summed E-state index contributed by atoms with van der Waals surface area (Å²) < 4.78 is 5.13. The van der Waals surface area contributed by atoms with Crippen molar-refractivity contribution < 1.29 is 9.53 Å². The van der Waals surface area contributed by atoms with Gasteiger partial charge < -0.3 is 4.74 Å². The monoisotopic (exact) mass is 332 g/mol. The number of esters is 1. The predicted molar refractivity (Wildman–Crippen MR) is 97.0 cm³/mol. The zero-order chi connectivity index (χ0) is 16.8. The highest BCUT2D eigenvalue weighted by atomic mass is 32.1. The van der Waals surface area contributed by atoms with Gasteiger partial charge in [0.05, 0.1) is 6.61 Å². The van der Waals surface area contributed by atoms with Gasteiger partial charge in [-0.3, -0.25) is 4.99 Å². The smallest absolute Gasteiger partial charge is 0.357 e. The van der Waals surface area contributed by atoms with Gasteiger partial charge >= 0.3 is 5.97 Å². The van der Waals surface area contributed by atoms with Crippen LogP contribution in [0.2, 0.25) is 0 Å². The summed E-state index contributed by atoms with van der Waals surface area (Å²) in [5, 5.41) is 0. The summed E-state index contributed by atoms with van der Waals surface area (Å²) in [7, 11) is 0. The maximum absolute atomic E-state index is 12.2. The second-order valence-corrected chi connectivity index (χ2v) is 5.99. The summed E-state index contributed by atoms with van der Waals surface area (Å²) in [6.07, 6.45) is 6.78. The largest absolute Gasteiger partial charge is 0.461 e. The van der Waals surface area contributed by atoms with Crippen LogP contribution in [0.15, 0.2) is 23.5 Å². The number of rotatable bonds is 7. The summed E-state index contributed by atoms with van der Waals surface area (Å²) in [5.41, 5.74) is 4.27. The Kier molecular flexibility index (Phi) is 6.39. The fourth-order valence-corrected chi connectivity index (χ4v) is 2.51. The molecule has 0 bridgehead atoms. The minimum Gasteiger partial charge on any atom is -0.461 e. The van der Waals surface area contributed by atoms with Gasteiger partial charge in [-0.15, -0.1) is 0 Å². The van der Waals surface area contributed by atoms with Crippen LogP contribution in [0.3, 0.4) is 0 Å². The van der Waals surface area contributed by atoms with Gasteiger partial charge in [0.25, 0.3) is 0 Å². The highest BCUT2D eigenvalue weighted by Gasteiger charge is 2.24. The Morgan fingerprint density at radius 3 is 2.78 bits per heavy atom. The molecule has 124 valence electrons. The molecule has 1 saturated carbocycles. The van der Waals surface area contributed by atoms with E-state index in [-0.39, 0.29) is 0 Å². The molecular weight excluding hydrogens is 308 g/mol. The van der Waals surface area contributed by atoms with E-state index in [0.717, 1.165) is 28.8 Å². The number of allylic oxidation sites excluding steroid dienone is 1. The van der Waals surface area contributed by atoms with E-state index in [4.69, 9.17) is 4.74 Å². The molecule has 0 atom stereocenters. The Balaban J connectivity index is 2.41. The molecule has 1 aliphatic rings. The standard InChI is InChI=1S/C18H24N2O2S/c1-4-14(10-19-12(3)15-6-7-15)16-8-13(11-23)9-20-17(16)18(21)22-5-2/h8-10,15,23H,4-7,11H2,1-3H3/b14-10+,19-12?. The van der Waals surface area contributed by atoms with Gasteiger partial charge in [0.15, 0.2) is 5.69 Å². The quantitative estimate of drug-likeness (QED) is 0.460. The molecule has 1 aromatic rings. The number of thiol groups is 1. The number of ether oxygens (including phenoxy) is 1. The van der Waals surface area contributed by atoms with E-state index >= 15 is 0 Å². The fraction of sp³-hybridized carbons (Fsp3) is 0.500.